The molecule has 0 heterocycles. The Hall–Kier alpha value is -0.530. The average molecular weight is 169 g/mol. The summed E-state index contributed by atoms with van der Waals surface area (Å²) in [5, 5.41) is 0. The Kier molecular flexibility index (Phi) is 3.12. The maximum absolute atomic E-state index is 10.6. The predicted octanol–water partition coefficient (Wildman–Crippen LogP) is 2.22. The third kappa shape index (κ3) is 2.84. The first-order chi connectivity index (χ1) is 5.62. The number of primary amides is 1. The molecule has 1 saturated carbocycles. The molecule has 0 aromatic carbocycles. The summed E-state index contributed by atoms with van der Waals surface area (Å²) in [4.78, 5) is 10.6. The van der Waals surface area contributed by atoms with Crippen molar-refractivity contribution in [2.75, 3.05) is 0 Å². The Morgan fingerprint density at radius 2 is 1.92 bits per heavy atom. The molecule has 1 fully saturated rings. The molecule has 1 rings (SSSR count). The summed E-state index contributed by atoms with van der Waals surface area (Å²) in [6, 6.07) is 0. The van der Waals surface area contributed by atoms with E-state index in [4.69, 9.17) is 5.73 Å². The molecule has 12 heavy (non-hydrogen) atoms. The number of carbonyl (C=O) groups is 1. The SMILES string of the molecule is CC1(CCC(N)=O)CCCCC1. The van der Waals surface area contributed by atoms with Gasteiger partial charge < -0.3 is 5.73 Å². The predicted molar refractivity (Wildman–Crippen MR) is 49.6 cm³/mol. The van der Waals surface area contributed by atoms with Crippen molar-refractivity contribution in [1.82, 2.24) is 0 Å². The quantitative estimate of drug-likeness (QED) is 0.691. The van der Waals surface area contributed by atoms with Crippen LogP contribution in [0, 0.1) is 5.41 Å². The van der Waals surface area contributed by atoms with Crippen molar-refractivity contribution in [2.45, 2.75) is 51.9 Å². The van der Waals surface area contributed by atoms with Crippen LogP contribution < -0.4 is 5.73 Å². The zero-order chi connectivity index (χ0) is 9.03. The summed E-state index contributed by atoms with van der Waals surface area (Å²) in [6.45, 7) is 2.29. The Morgan fingerprint density at radius 1 is 1.33 bits per heavy atom. The number of carbonyl (C=O) groups excluding carboxylic acids is 1. The van der Waals surface area contributed by atoms with E-state index >= 15 is 0 Å². The molecule has 1 amide bonds. The van der Waals surface area contributed by atoms with Gasteiger partial charge in [0.15, 0.2) is 0 Å². The Bertz CT molecular complexity index is 159. The van der Waals surface area contributed by atoms with Crippen LogP contribution in [-0.4, -0.2) is 5.91 Å². The van der Waals surface area contributed by atoms with Crippen LogP contribution in [0.2, 0.25) is 0 Å². The Balaban J connectivity index is 2.31. The zero-order valence-corrected chi connectivity index (χ0v) is 7.94. The molecule has 70 valence electrons. The highest BCUT2D eigenvalue weighted by Crippen LogP contribution is 2.39. The van der Waals surface area contributed by atoms with Gasteiger partial charge in [0.25, 0.3) is 0 Å². The van der Waals surface area contributed by atoms with Crippen molar-refractivity contribution in [3.05, 3.63) is 0 Å². The van der Waals surface area contributed by atoms with E-state index in [1.54, 1.807) is 0 Å². The molecular formula is C10H19NO. The molecule has 0 aliphatic heterocycles. The molecule has 2 heteroatoms. The van der Waals surface area contributed by atoms with Crippen LogP contribution in [0.5, 0.6) is 0 Å². The van der Waals surface area contributed by atoms with E-state index in [1.807, 2.05) is 0 Å². The molecule has 0 saturated heterocycles. The average Bonchev–Trinajstić information content (AvgIpc) is 2.03. The van der Waals surface area contributed by atoms with E-state index in [1.165, 1.54) is 32.1 Å². The van der Waals surface area contributed by atoms with E-state index in [-0.39, 0.29) is 5.91 Å². The molecule has 0 unspecified atom stereocenters. The normalized spacial score (nSPS) is 22.1. The molecule has 0 aromatic heterocycles. The summed E-state index contributed by atoms with van der Waals surface area (Å²) < 4.78 is 0. The van der Waals surface area contributed by atoms with Gasteiger partial charge in [0, 0.05) is 6.42 Å². The third-order valence-electron chi connectivity index (χ3n) is 3.04. The molecule has 2 N–H and O–H groups in total. The second-order valence-electron chi connectivity index (χ2n) is 4.34. The van der Waals surface area contributed by atoms with E-state index in [9.17, 15) is 4.79 Å². The van der Waals surface area contributed by atoms with Gasteiger partial charge >= 0.3 is 0 Å². The summed E-state index contributed by atoms with van der Waals surface area (Å²) in [6.07, 6.45) is 8.13. The number of hydrogen-bond acceptors (Lipinski definition) is 1. The van der Waals surface area contributed by atoms with Gasteiger partial charge in [-0.25, -0.2) is 0 Å². The maximum Gasteiger partial charge on any atom is 0.217 e. The van der Waals surface area contributed by atoms with Crippen LogP contribution in [-0.2, 0) is 4.79 Å². The van der Waals surface area contributed by atoms with Gasteiger partial charge in [-0.15, -0.1) is 0 Å². The van der Waals surface area contributed by atoms with Gasteiger partial charge in [-0.2, -0.15) is 0 Å². The Morgan fingerprint density at radius 3 is 2.42 bits per heavy atom. The van der Waals surface area contributed by atoms with Crippen LogP contribution in [0.1, 0.15) is 51.9 Å². The highest BCUT2D eigenvalue weighted by Gasteiger charge is 2.26. The molecular weight excluding hydrogens is 150 g/mol. The van der Waals surface area contributed by atoms with Crippen molar-refractivity contribution in [2.24, 2.45) is 11.1 Å². The second kappa shape index (κ2) is 3.92. The first-order valence-electron chi connectivity index (χ1n) is 4.91. The van der Waals surface area contributed by atoms with Gasteiger partial charge in [0.1, 0.15) is 0 Å². The van der Waals surface area contributed by atoms with Crippen LogP contribution in [0.4, 0.5) is 0 Å². The minimum atomic E-state index is -0.151. The molecule has 0 atom stereocenters. The monoisotopic (exact) mass is 169 g/mol. The van der Waals surface area contributed by atoms with Crippen molar-refractivity contribution in [3.63, 3.8) is 0 Å². The van der Waals surface area contributed by atoms with Gasteiger partial charge in [-0.05, 0) is 24.7 Å². The lowest BCUT2D eigenvalue weighted by atomic mass is 9.73. The fourth-order valence-electron chi connectivity index (χ4n) is 2.08. The second-order valence-corrected chi connectivity index (χ2v) is 4.34. The summed E-state index contributed by atoms with van der Waals surface area (Å²) in [7, 11) is 0. The fourth-order valence-corrected chi connectivity index (χ4v) is 2.08. The lowest BCUT2D eigenvalue weighted by Crippen LogP contribution is -2.23. The molecule has 0 radical (unpaired) electrons. The number of hydrogen-bond donors (Lipinski definition) is 1. The first-order valence-corrected chi connectivity index (χ1v) is 4.91. The minimum absolute atomic E-state index is 0.151. The number of rotatable bonds is 3. The van der Waals surface area contributed by atoms with Crippen molar-refractivity contribution in [3.8, 4) is 0 Å². The van der Waals surface area contributed by atoms with E-state index in [0.717, 1.165) is 6.42 Å². The number of amides is 1. The zero-order valence-electron chi connectivity index (χ0n) is 7.94. The molecule has 0 spiro atoms. The van der Waals surface area contributed by atoms with Gasteiger partial charge in [0.2, 0.25) is 5.91 Å². The molecule has 2 nitrogen and oxygen atoms in total. The van der Waals surface area contributed by atoms with Crippen LogP contribution >= 0.6 is 0 Å². The van der Waals surface area contributed by atoms with Crippen molar-refractivity contribution < 1.29 is 4.79 Å². The first kappa shape index (κ1) is 9.56. The van der Waals surface area contributed by atoms with Crippen LogP contribution in [0.3, 0.4) is 0 Å². The van der Waals surface area contributed by atoms with Crippen LogP contribution in [0.25, 0.3) is 0 Å². The van der Waals surface area contributed by atoms with Crippen molar-refractivity contribution >= 4 is 5.91 Å². The fraction of sp³-hybridized carbons (Fsp3) is 0.900. The van der Waals surface area contributed by atoms with E-state index < -0.39 is 0 Å². The number of nitrogens with two attached hydrogens (primary N) is 1. The topological polar surface area (TPSA) is 43.1 Å². The minimum Gasteiger partial charge on any atom is -0.370 e. The smallest absolute Gasteiger partial charge is 0.217 e. The van der Waals surface area contributed by atoms with Crippen molar-refractivity contribution in [1.29, 1.82) is 0 Å². The third-order valence-corrected chi connectivity index (χ3v) is 3.04. The van der Waals surface area contributed by atoms with E-state index in [2.05, 4.69) is 6.92 Å². The largest absolute Gasteiger partial charge is 0.370 e. The Labute approximate surface area is 74.5 Å². The lowest BCUT2D eigenvalue weighted by molar-refractivity contribution is -0.118. The summed E-state index contributed by atoms with van der Waals surface area (Å²) >= 11 is 0. The maximum atomic E-state index is 10.6. The van der Waals surface area contributed by atoms with Gasteiger partial charge in [0.05, 0.1) is 0 Å². The summed E-state index contributed by atoms with van der Waals surface area (Å²) in [5.41, 5.74) is 5.54. The molecule has 1 aliphatic carbocycles. The molecule has 0 aromatic rings. The summed E-state index contributed by atoms with van der Waals surface area (Å²) in [5.74, 6) is -0.151. The molecule has 0 bridgehead atoms. The van der Waals surface area contributed by atoms with Crippen LogP contribution in [0.15, 0.2) is 0 Å². The highest BCUT2D eigenvalue weighted by atomic mass is 16.1. The lowest BCUT2D eigenvalue weighted by Gasteiger charge is -2.33. The highest BCUT2D eigenvalue weighted by molar-refractivity contribution is 5.73. The van der Waals surface area contributed by atoms with Gasteiger partial charge in [-0.3, -0.25) is 4.79 Å². The van der Waals surface area contributed by atoms with Gasteiger partial charge in [-0.1, -0.05) is 26.2 Å². The molecule has 1 aliphatic rings. The standard InChI is InChI=1S/C10H19NO/c1-10(8-5-9(11)12)6-3-2-4-7-10/h2-8H2,1H3,(H2,11,12). The van der Waals surface area contributed by atoms with E-state index in [0.29, 0.717) is 11.8 Å².